The molecule has 1 aliphatic rings. The van der Waals surface area contributed by atoms with Gasteiger partial charge in [-0.1, -0.05) is 12.1 Å². The van der Waals surface area contributed by atoms with E-state index in [0.29, 0.717) is 6.42 Å². The number of halogens is 2. The lowest BCUT2D eigenvalue weighted by molar-refractivity contribution is 0.607. The zero-order valence-electron chi connectivity index (χ0n) is 7.15. The molecule has 0 N–H and O–H groups in total. The van der Waals surface area contributed by atoms with E-state index in [1.54, 1.807) is 12.1 Å². The van der Waals surface area contributed by atoms with Crippen LogP contribution < -0.4 is 0 Å². The largest absolute Gasteiger partial charge is 0.236 e. The first-order valence-corrected chi connectivity index (χ1v) is 6.54. The lowest BCUT2D eigenvalue weighted by Gasteiger charge is -1.97. The van der Waals surface area contributed by atoms with E-state index in [0.717, 1.165) is 5.56 Å². The van der Waals surface area contributed by atoms with Crippen LogP contribution in [-0.2, 0) is 9.05 Å². The van der Waals surface area contributed by atoms with Crippen LogP contribution >= 0.6 is 10.7 Å². The van der Waals surface area contributed by atoms with E-state index in [4.69, 9.17) is 10.7 Å². The maximum Gasteiger partial charge on any atom is 0.236 e. The predicted octanol–water partition coefficient (Wildman–Crippen LogP) is 2.25. The molecule has 1 aromatic carbocycles. The topological polar surface area (TPSA) is 34.1 Å². The Balaban J connectivity index is 2.18. The maximum absolute atomic E-state index is 12.6. The highest BCUT2D eigenvalue weighted by molar-refractivity contribution is 8.14. The van der Waals surface area contributed by atoms with Crippen molar-refractivity contribution in [2.75, 3.05) is 0 Å². The van der Waals surface area contributed by atoms with Gasteiger partial charge in [0.05, 0.1) is 5.25 Å². The number of hydrogen-bond acceptors (Lipinski definition) is 2. The second kappa shape index (κ2) is 3.21. The molecule has 0 heterocycles. The van der Waals surface area contributed by atoms with Crippen LogP contribution in [0.15, 0.2) is 24.3 Å². The van der Waals surface area contributed by atoms with Crippen LogP contribution in [0.5, 0.6) is 0 Å². The molecule has 2 rings (SSSR count). The molecule has 1 aromatic rings. The van der Waals surface area contributed by atoms with Crippen LogP contribution in [0.25, 0.3) is 0 Å². The van der Waals surface area contributed by atoms with E-state index in [1.807, 2.05) is 0 Å². The number of hydrogen-bond donors (Lipinski definition) is 0. The molecule has 0 saturated heterocycles. The van der Waals surface area contributed by atoms with Crippen molar-refractivity contribution in [1.82, 2.24) is 0 Å². The molecule has 0 aromatic heterocycles. The van der Waals surface area contributed by atoms with E-state index in [9.17, 15) is 12.8 Å². The Bertz CT molecular complexity index is 440. The normalized spacial score (nSPS) is 26.1. The van der Waals surface area contributed by atoms with Crippen molar-refractivity contribution in [3.05, 3.63) is 35.6 Å². The minimum absolute atomic E-state index is 0.0573. The summed E-state index contributed by atoms with van der Waals surface area (Å²) in [5.74, 6) is -0.377. The molecule has 5 heteroatoms. The van der Waals surface area contributed by atoms with Gasteiger partial charge >= 0.3 is 0 Å². The Morgan fingerprint density at radius 1 is 1.29 bits per heavy atom. The van der Waals surface area contributed by atoms with E-state index in [-0.39, 0.29) is 11.7 Å². The van der Waals surface area contributed by atoms with E-state index < -0.39 is 14.3 Å². The molecular weight excluding hydrogens is 227 g/mol. The van der Waals surface area contributed by atoms with Gasteiger partial charge < -0.3 is 0 Å². The van der Waals surface area contributed by atoms with Crippen LogP contribution in [0.1, 0.15) is 17.9 Å². The van der Waals surface area contributed by atoms with Crippen molar-refractivity contribution in [2.45, 2.75) is 17.6 Å². The molecule has 0 amide bonds. The Kier molecular flexibility index (Phi) is 2.27. The molecule has 1 saturated carbocycles. The smallest absolute Gasteiger partial charge is 0.212 e. The fourth-order valence-corrected chi connectivity index (χ4v) is 3.12. The Morgan fingerprint density at radius 2 is 1.86 bits per heavy atom. The first-order chi connectivity index (χ1) is 6.48. The molecule has 2 nitrogen and oxygen atoms in total. The van der Waals surface area contributed by atoms with Gasteiger partial charge in [-0.15, -0.1) is 0 Å². The zero-order chi connectivity index (χ0) is 10.3. The summed E-state index contributed by atoms with van der Waals surface area (Å²) < 4.78 is 34.4. The summed E-state index contributed by atoms with van der Waals surface area (Å²) in [7, 11) is 1.75. The Morgan fingerprint density at radius 3 is 2.29 bits per heavy atom. The van der Waals surface area contributed by atoms with Crippen molar-refractivity contribution in [3.8, 4) is 0 Å². The standard InChI is InChI=1S/C9H8ClFO2S/c10-14(12,13)9-5-8(9)6-1-3-7(11)4-2-6/h1-4,8-9H,5H2. The molecule has 0 radical (unpaired) electrons. The number of rotatable bonds is 2. The fourth-order valence-electron chi connectivity index (χ4n) is 1.54. The van der Waals surface area contributed by atoms with Crippen molar-refractivity contribution in [1.29, 1.82) is 0 Å². The minimum Gasteiger partial charge on any atom is -0.212 e. The fraction of sp³-hybridized carbons (Fsp3) is 0.333. The van der Waals surface area contributed by atoms with Gasteiger partial charge in [0.15, 0.2) is 0 Å². The minimum atomic E-state index is -3.46. The molecule has 0 bridgehead atoms. The number of benzene rings is 1. The summed E-state index contributed by atoms with van der Waals surface area (Å²) in [4.78, 5) is 0. The third kappa shape index (κ3) is 1.91. The monoisotopic (exact) mass is 234 g/mol. The molecular formula is C9H8ClFO2S. The summed E-state index contributed by atoms with van der Waals surface area (Å²) in [6.45, 7) is 0. The van der Waals surface area contributed by atoms with Gasteiger partial charge in [0.2, 0.25) is 9.05 Å². The van der Waals surface area contributed by atoms with Crippen molar-refractivity contribution < 1.29 is 12.8 Å². The second-order valence-electron chi connectivity index (χ2n) is 3.41. The van der Waals surface area contributed by atoms with Gasteiger partial charge in [0.1, 0.15) is 5.82 Å². The molecule has 76 valence electrons. The highest BCUT2D eigenvalue weighted by Crippen LogP contribution is 2.47. The molecule has 14 heavy (non-hydrogen) atoms. The summed E-state index contributed by atoms with van der Waals surface area (Å²) in [5, 5.41) is -0.491. The quantitative estimate of drug-likeness (QED) is 0.736. The first kappa shape index (κ1) is 9.93. The molecule has 0 spiro atoms. The molecule has 0 aliphatic heterocycles. The average molecular weight is 235 g/mol. The van der Waals surface area contributed by atoms with Crippen molar-refractivity contribution in [2.24, 2.45) is 0 Å². The van der Waals surface area contributed by atoms with Gasteiger partial charge in [-0.25, -0.2) is 12.8 Å². The highest BCUT2D eigenvalue weighted by atomic mass is 35.7. The lowest BCUT2D eigenvalue weighted by atomic mass is 10.1. The Labute approximate surface area is 86.1 Å². The molecule has 2 unspecified atom stereocenters. The van der Waals surface area contributed by atoms with E-state index in [2.05, 4.69) is 0 Å². The van der Waals surface area contributed by atoms with Crippen LogP contribution in [0.2, 0.25) is 0 Å². The van der Waals surface area contributed by atoms with Crippen LogP contribution in [-0.4, -0.2) is 13.7 Å². The summed E-state index contributed by atoms with van der Waals surface area (Å²) in [6, 6.07) is 5.85. The lowest BCUT2D eigenvalue weighted by Crippen LogP contribution is -1.99. The first-order valence-electron chi connectivity index (χ1n) is 4.17. The van der Waals surface area contributed by atoms with E-state index in [1.165, 1.54) is 12.1 Å². The van der Waals surface area contributed by atoms with Gasteiger partial charge in [0, 0.05) is 16.6 Å². The average Bonchev–Trinajstić information content (AvgIpc) is 2.83. The maximum atomic E-state index is 12.6. The molecule has 1 aliphatic carbocycles. The van der Waals surface area contributed by atoms with Crippen molar-refractivity contribution >= 4 is 19.7 Å². The molecule has 2 atom stereocenters. The van der Waals surface area contributed by atoms with Gasteiger partial charge in [-0.3, -0.25) is 0 Å². The predicted molar refractivity (Wildman–Crippen MR) is 52.3 cm³/mol. The van der Waals surface area contributed by atoms with Crippen LogP contribution in [0, 0.1) is 5.82 Å². The van der Waals surface area contributed by atoms with Gasteiger partial charge in [-0.2, -0.15) is 0 Å². The second-order valence-corrected chi connectivity index (χ2v) is 6.25. The third-order valence-corrected chi connectivity index (χ3v) is 4.32. The van der Waals surface area contributed by atoms with Crippen LogP contribution in [0.4, 0.5) is 4.39 Å². The van der Waals surface area contributed by atoms with Gasteiger partial charge in [-0.05, 0) is 24.1 Å². The van der Waals surface area contributed by atoms with Gasteiger partial charge in [0.25, 0.3) is 0 Å². The van der Waals surface area contributed by atoms with Crippen molar-refractivity contribution in [3.63, 3.8) is 0 Å². The summed E-state index contributed by atoms with van der Waals surface area (Å²) >= 11 is 0. The third-order valence-electron chi connectivity index (χ3n) is 2.39. The molecule has 1 fully saturated rings. The highest BCUT2D eigenvalue weighted by Gasteiger charge is 2.47. The SMILES string of the molecule is O=S(=O)(Cl)C1CC1c1ccc(F)cc1. The summed E-state index contributed by atoms with van der Waals surface area (Å²) in [6.07, 6.45) is 0.539. The van der Waals surface area contributed by atoms with Crippen LogP contribution in [0.3, 0.4) is 0 Å². The summed E-state index contributed by atoms with van der Waals surface area (Å²) in [5.41, 5.74) is 0.834. The Hall–Kier alpha value is -0.610. The zero-order valence-corrected chi connectivity index (χ0v) is 8.72. The van der Waals surface area contributed by atoms with E-state index >= 15 is 0 Å².